The van der Waals surface area contributed by atoms with Gasteiger partial charge in [0.05, 0.1) is 5.52 Å². The van der Waals surface area contributed by atoms with E-state index in [2.05, 4.69) is 5.32 Å². The fraction of sp³-hybridized carbons (Fsp3) is 0.0625. The highest BCUT2D eigenvalue weighted by Crippen LogP contribution is 2.17. The monoisotopic (exact) mass is 283 g/mol. The largest absolute Gasteiger partial charge is 0.399 e. The molecule has 0 saturated heterocycles. The second-order valence-corrected chi connectivity index (χ2v) is 4.82. The molecule has 0 aliphatic rings. The third-order valence-corrected chi connectivity index (χ3v) is 3.22. The van der Waals surface area contributed by atoms with Crippen molar-refractivity contribution in [2.24, 2.45) is 0 Å². The topological polar surface area (TPSA) is 60.0 Å². The fourth-order valence-electron chi connectivity index (χ4n) is 2.27. The van der Waals surface area contributed by atoms with Gasteiger partial charge in [0.25, 0.3) is 0 Å². The molecule has 4 nitrogen and oxygen atoms in total. The van der Waals surface area contributed by atoms with E-state index < -0.39 is 0 Å². The van der Waals surface area contributed by atoms with E-state index in [-0.39, 0.29) is 18.3 Å². The Morgan fingerprint density at radius 1 is 1.19 bits per heavy atom. The number of rotatable bonds is 3. The van der Waals surface area contributed by atoms with Crippen LogP contribution < -0.4 is 11.1 Å². The molecule has 3 aromatic rings. The summed E-state index contributed by atoms with van der Waals surface area (Å²) in [4.78, 5) is 12.1. The number of carbonyl (C=O) groups is 1. The molecule has 0 aliphatic carbocycles. The average Bonchev–Trinajstić information content (AvgIpc) is 2.81. The van der Waals surface area contributed by atoms with Crippen molar-refractivity contribution in [2.75, 3.05) is 11.1 Å². The number of hydrogen-bond acceptors (Lipinski definition) is 2. The molecule has 3 rings (SSSR count). The number of hydrogen-bond donors (Lipinski definition) is 2. The third kappa shape index (κ3) is 2.86. The first-order chi connectivity index (χ1) is 10.1. The summed E-state index contributed by atoms with van der Waals surface area (Å²) in [5.74, 6) is -0.513. The van der Waals surface area contributed by atoms with Crippen molar-refractivity contribution in [3.8, 4) is 0 Å². The Morgan fingerprint density at radius 2 is 2.05 bits per heavy atom. The molecule has 21 heavy (non-hydrogen) atoms. The first kappa shape index (κ1) is 13.2. The van der Waals surface area contributed by atoms with Gasteiger partial charge in [0.15, 0.2) is 0 Å². The lowest BCUT2D eigenvalue weighted by molar-refractivity contribution is -0.116. The SMILES string of the molecule is Nc1cccc(NC(=O)Cn2ccc3ccc(F)cc32)c1. The number of aromatic nitrogens is 1. The summed E-state index contributed by atoms with van der Waals surface area (Å²) >= 11 is 0. The minimum atomic E-state index is -0.321. The highest BCUT2D eigenvalue weighted by molar-refractivity contribution is 5.92. The van der Waals surface area contributed by atoms with Crippen molar-refractivity contribution in [2.45, 2.75) is 6.54 Å². The predicted octanol–water partition coefficient (Wildman–Crippen LogP) is 3.00. The van der Waals surface area contributed by atoms with Crippen LogP contribution in [0.15, 0.2) is 54.7 Å². The van der Waals surface area contributed by atoms with Crippen molar-refractivity contribution >= 4 is 28.2 Å². The molecule has 3 N–H and O–H groups in total. The Labute approximate surface area is 121 Å². The number of nitrogens with two attached hydrogens (primary N) is 1. The van der Waals surface area contributed by atoms with Gasteiger partial charge in [-0.1, -0.05) is 6.07 Å². The first-order valence-corrected chi connectivity index (χ1v) is 6.51. The number of fused-ring (bicyclic) bond motifs is 1. The standard InChI is InChI=1S/C16H14FN3O/c17-12-5-4-11-6-7-20(15(11)8-12)10-16(21)19-14-3-1-2-13(18)9-14/h1-9H,10,18H2,(H,19,21). The van der Waals surface area contributed by atoms with Crippen LogP contribution in [0.25, 0.3) is 10.9 Å². The van der Waals surface area contributed by atoms with Gasteiger partial charge in [0.1, 0.15) is 12.4 Å². The lowest BCUT2D eigenvalue weighted by Crippen LogP contribution is -2.18. The number of anilines is 2. The minimum absolute atomic E-state index is 0.113. The van der Waals surface area contributed by atoms with Crippen molar-refractivity contribution in [1.29, 1.82) is 0 Å². The molecular formula is C16H14FN3O. The number of amides is 1. The minimum Gasteiger partial charge on any atom is -0.399 e. The van der Waals surface area contributed by atoms with Gasteiger partial charge in [-0.25, -0.2) is 4.39 Å². The Hall–Kier alpha value is -2.82. The molecule has 0 saturated carbocycles. The van der Waals surface area contributed by atoms with Gasteiger partial charge in [-0.2, -0.15) is 0 Å². The zero-order chi connectivity index (χ0) is 14.8. The smallest absolute Gasteiger partial charge is 0.244 e. The fourth-order valence-corrected chi connectivity index (χ4v) is 2.27. The number of halogens is 1. The summed E-state index contributed by atoms with van der Waals surface area (Å²) in [7, 11) is 0. The maximum Gasteiger partial charge on any atom is 0.244 e. The highest BCUT2D eigenvalue weighted by atomic mass is 19.1. The van der Waals surface area contributed by atoms with Gasteiger partial charge in [-0.3, -0.25) is 4.79 Å². The Kier molecular flexibility index (Phi) is 3.31. The van der Waals surface area contributed by atoms with Gasteiger partial charge < -0.3 is 15.6 Å². The van der Waals surface area contributed by atoms with Crippen LogP contribution in [0.3, 0.4) is 0 Å². The van der Waals surface area contributed by atoms with Crippen molar-refractivity contribution in [3.05, 3.63) is 60.5 Å². The van der Waals surface area contributed by atoms with E-state index in [1.54, 1.807) is 41.1 Å². The molecule has 0 fully saturated rings. The van der Waals surface area contributed by atoms with E-state index in [1.165, 1.54) is 12.1 Å². The molecular weight excluding hydrogens is 269 g/mol. The number of benzene rings is 2. The Balaban J connectivity index is 1.79. The van der Waals surface area contributed by atoms with Crippen LogP contribution in [0.1, 0.15) is 0 Å². The van der Waals surface area contributed by atoms with E-state index >= 15 is 0 Å². The lowest BCUT2D eigenvalue weighted by atomic mass is 10.2. The number of nitrogens with zero attached hydrogens (tertiary/aromatic N) is 1. The van der Waals surface area contributed by atoms with Crippen LogP contribution >= 0.6 is 0 Å². The van der Waals surface area contributed by atoms with Crippen LogP contribution in [0.5, 0.6) is 0 Å². The molecule has 0 radical (unpaired) electrons. The normalized spacial score (nSPS) is 10.7. The maximum atomic E-state index is 13.3. The molecule has 0 atom stereocenters. The number of nitrogens with one attached hydrogen (secondary N) is 1. The molecule has 0 aliphatic heterocycles. The summed E-state index contributed by atoms with van der Waals surface area (Å²) < 4.78 is 15.0. The summed E-state index contributed by atoms with van der Waals surface area (Å²) in [6.07, 6.45) is 1.77. The Bertz CT molecular complexity index is 810. The van der Waals surface area contributed by atoms with E-state index in [4.69, 9.17) is 5.73 Å². The third-order valence-electron chi connectivity index (χ3n) is 3.22. The van der Waals surface area contributed by atoms with Gasteiger partial charge in [-0.15, -0.1) is 0 Å². The molecule has 0 bridgehead atoms. The summed E-state index contributed by atoms with van der Waals surface area (Å²) in [5, 5.41) is 3.66. The van der Waals surface area contributed by atoms with Crippen LogP contribution in [-0.4, -0.2) is 10.5 Å². The van der Waals surface area contributed by atoms with Crippen LogP contribution in [0, 0.1) is 5.82 Å². The van der Waals surface area contributed by atoms with Crippen LogP contribution in [0.2, 0.25) is 0 Å². The quantitative estimate of drug-likeness (QED) is 0.726. The van der Waals surface area contributed by atoms with E-state index in [0.29, 0.717) is 16.9 Å². The van der Waals surface area contributed by atoms with E-state index in [0.717, 1.165) is 5.39 Å². The van der Waals surface area contributed by atoms with Gasteiger partial charge in [-0.05, 0) is 47.9 Å². The summed E-state index contributed by atoms with van der Waals surface area (Å²) in [6.45, 7) is 0.113. The predicted molar refractivity (Wildman–Crippen MR) is 81.4 cm³/mol. The molecule has 1 aromatic heterocycles. The summed E-state index contributed by atoms with van der Waals surface area (Å²) in [5.41, 5.74) is 7.58. The molecule has 2 aromatic carbocycles. The van der Waals surface area contributed by atoms with E-state index in [1.807, 2.05) is 6.07 Å². The molecule has 5 heteroatoms. The number of nitrogen functional groups attached to an aromatic ring is 1. The van der Waals surface area contributed by atoms with Crippen molar-refractivity contribution < 1.29 is 9.18 Å². The highest BCUT2D eigenvalue weighted by Gasteiger charge is 2.07. The summed E-state index contributed by atoms with van der Waals surface area (Å²) in [6, 6.07) is 13.3. The second-order valence-electron chi connectivity index (χ2n) is 4.82. The van der Waals surface area contributed by atoms with Gasteiger partial charge in [0, 0.05) is 17.6 Å². The first-order valence-electron chi connectivity index (χ1n) is 6.51. The zero-order valence-corrected chi connectivity index (χ0v) is 11.2. The average molecular weight is 283 g/mol. The Morgan fingerprint density at radius 3 is 2.86 bits per heavy atom. The van der Waals surface area contributed by atoms with Crippen LogP contribution in [-0.2, 0) is 11.3 Å². The molecule has 1 amide bonds. The van der Waals surface area contributed by atoms with Crippen molar-refractivity contribution in [3.63, 3.8) is 0 Å². The molecule has 0 spiro atoms. The van der Waals surface area contributed by atoms with Crippen LogP contribution in [0.4, 0.5) is 15.8 Å². The van der Waals surface area contributed by atoms with Crippen molar-refractivity contribution in [1.82, 2.24) is 4.57 Å². The maximum absolute atomic E-state index is 13.3. The lowest BCUT2D eigenvalue weighted by Gasteiger charge is -2.08. The van der Waals surface area contributed by atoms with Gasteiger partial charge >= 0.3 is 0 Å². The molecule has 106 valence electrons. The zero-order valence-electron chi connectivity index (χ0n) is 11.2. The molecule has 0 unspecified atom stereocenters. The van der Waals surface area contributed by atoms with E-state index in [9.17, 15) is 9.18 Å². The number of carbonyl (C=O) groups excluding carboxylic acids is 1. The molecule has 1 heterocycles. The van der Waals surface area contributed by atoms with Gasteiger partial charge in [0.2, 0.25) is 5.91 Å². The second kappa shape index (κ2) is 5.28.